The van der Waals surface area contributed by atoms with Crippen LogP contribution in [0.4, 0.5) is 10.1 Å². The van der Waals surface area contributed by atoms with Gasteiger partial charge in [0.1, 0.15) is 17.3 Å². The molecule has 3 rings (SSSR count). The van der Waals surface area contributed by atoms with Crippen molar-refractivity contribution in [2.24, 2.45) is 0 Å². The number of nitrogens with one attached hydrogen (secondary N) is 2. The lowest BCUT2D eigenvalue weighted by Gasteiger charge is -2.19. The zero-order valence-corrected chi connectivity index (χ0v) is 14.6. The van der Waals surface area contributed by atoms with Crippen molar-refractivity contribution < 1.29 is 18.7 Å². The third-order valence-electron chi connectivity index (χ3n) is 3.89. The number of halogens is 2. The van der Waals surface area contributed by atoms with E-state index in [9.17, 15) is 9.18 Å². The number of carbonyl (C=O) groups is 1. The molecule has 0 bridgehead atoms. The van der Waals surface area contributed by atoms with E-state index in [1.165, 1.54) is 0 Å². The summed E-state index contributed by atoms with van der Waals surface area (Å²) in [5.74, 6) is 0.387. The number of methoxy groups -OCH3 is 1. The number of ether oxygens (including phenoxy) is 2. The predicted molar refractivity (Wildman–Crippen MR) is 96.2 cm³/mol. The topological polar surface area (TPSA) is 59.6 Å². The van der Waals surface area contributed by atoms with Crippen LogP contribution < -0.4 is 20.1 Å². The number of benzene rings is 2. The van der Waals surface area contributed by atoms with Crippen LogP contribution in [0.3, 0.4) is 0 Å². The van der Waals surface area contributed by atoms with Crippen molar-refractivity contribution in [3.8, 4) is 11.5 Å². The third-order valence-corrected chi connectivity index (χ3v) is 3.89. The van der Waals surface area contributed by atoms with E-state index in [1.54, 1.807) is 37.4 Å². The first-order valence-electron chi connectivity index (χ1n) is 7.75. The van der Waals surface area contributed by atoms with Crippen LogP contribution >= 0.6 is 12.4 Å². The highest BCUT2D eigenvalue weighted by Crippen LogP contribution is 2.24. The normalized spacial score (nSPS) is 12.6. The first-order valence-corrected chi connectivity index (χ1v) is 7.75. The van der Waals surface area contributed by atoms with Crippen molar-refractivity contribution in [3.63, 3.8) is 0 Å². The Labute approximate surface area is 151 Å². The SMILES string of the molecule is COc1cccc(OCC(=O)Nc2ccc3c(c2F)CCNC3)c1.Cl. The smallest absolute Gasteiger partial charge is 0.262 e. The third kappa shape index (κ3) is 4.61. The number of hydrogen-bond donors (Lipinski definition) is 2. The fraction of sp³-hybridized carbons (Fsp3) is 0.278. The van der Waals surface area contributed by atoms with Crippen molar-refractivity contribution in [1.29, 1.82) is 0 Å². The highest BCUT2D eigenvalue weighted by molar-refractivity contribution is 5.92. The highest BCUT2D eigenvalue weighted by Gasteiger charge is 2.17. The molecule has 0 fully saturated rings. The number of fused-ring (bicyclic) bond motifs is 1. The number of amides is 1. The molecule has 0 spiro atoms. The number of carbonyl (C=O) groups excluding carboxylic acids is 1. The highest BCUT2D eigenvalue weighted by atomic mass is 35.5. The van der Waals surface area contributed by atoms with E-state index in [2.05, 4.69) is 10.6 Å². The molecule has 25 heavy (non-hydrogen) atoms. The van der Waals surface area contributed by atoms with Gasteiger partial charge in [0.25, 0.3) is 5.91 Å². The summed E-state index contributed by atoms with van der Waals surface area (Å²) < 4.78 is 25.0. The Morgan fingerprint density at radius 3 is 2.88 bits per heavy atom. The van der Waals surface area contributed by atoms with Gasteiger partial charge in [-0.3, -0.25) is 4.79 Å². The maximum absolute atomic E-state index is 14.5. The van der Waals surface area contributed by atoms with Crippen molar-refractivity contribution in [1.82, 2.24) is 5.32 Å². The van der Waals surface area contributed by atoms with Gasteiger partial charge in [0, 0.05) is 12.6 Å². The van der Waals surface area contributed by atoms with Gasteiger partial charge in [-0.15, -0.1) is 12.4 Å². The van der Waals surface area contributed by atoms with E-state index in [4.69, 9.17) is 9.47 Å². The van der Waals surface area contributed by atoms with Crippen LogP contribution in [0.5, 0.6) is 11.5 Å². The zero-order valence-electron chi connectivity index (χ0n) is 13.8. The van der Waals surface area contributed by atoms with Gasteiger partial charge in [-0.05, 0) is 42.3 Å². The molecule has 1 aliphatic heterocycles. The number of hydrogen-bond acceptors (Lipinski definition) is 4. The Morgan fingerprint density at radius 1 is 1.28 bits per heavy atom. The van der Waals surface area contributed by atoms with Crippen molar-refractivity contribution in [3.05, 3.63) is 53.3 Å². The Bertz CT molecular complexity index is 755. The monoisotopic (exact) mass is 366 g/mol. The van der Waals surface area contributed by atoms with Crippen LogP contribution in [0.2, 0.25) is 0 Å². The van der Waals surface area contributed by atoms with Crippen molar-refractivity contribution >= 4 is 24.0 Å². The molecule has 2 N–H and O–H groups in total. The summed E-state index contributed by atoms with van der Waals surface area (Å²) in [6, 6.07) is 10.4. The summed E-state index contributed by atoms with van der Waals surface area (Å²) in [6.07, 6.45) is 0.616. The molecule has 2 aromatic carbocycles. The molecule has 0 atom stereocenters. The predicted octanol–water partition coefficient (Wildman–Crippen LogP) is 2.92. The van der Waals surface area contributed by atoms with E-state index in [0.717, 1.165) is 12.1 Å². The molecule has 134 valence electrons. The van der Waals surface area contributed by atoms with E-state index >= 15 is 0 Å². The second-order valence-electron chi connectivity index (χ2n) is 5.51. The van der Waals surface area contributed by atoms with Gasteiger partial charge >= 0.3 is 0 Å². The second-order valence-corrected chi connectivity index (χ2v) is 5.51. The summed E-state index contributed by atoms with van der Waals surface area (Å²) >= 11 is 0. The van der Waals surface area contributed by atoms with E-state index < -0.39 is 5.91 Å². The summed E-state index contributed by atoms with van der Waals surface area (Å²) in [7, 11) is 1.56. The van der Waals surface area contributed by atoms with Gasteiger partial charge in [0.15, 0.2) is 6.61 Å². The molecule has 1 aliphatic rings. The number of rotatable bonds is 5. The standard InChI is InChI=1S/C18H19FN2O3.ClH/c1-23-13-3-2-4-14(9-13)24-11-17(22)21-16-6-5-12-10-20-8-7-15(12)18(16)19;/h2-6,9,20H,7-8,10-11H2,1H3,(H,21,22);1H. The molecule has 1 heterocycles. The molecule has 7 heteroatoms. The van der Waals surface area contributed by atoms with Gasteiger partial charge in [-0.2, -0.15) is 0 Å². The maximum atomic E-state index is 14.5. The molecule has 2 aromatic rings. The van der Waals surface area contributed by atoms with E-state index in [0.29, 0.717) is 30.0 Å². The second kappa shape index (κ2) is 8.69. The molecule has 0 saturated heterocycles. The fourth-order valence-electron chi connectivity index (χ4n) is 2.66. The van der Waals surface area contributed by atoms with Gasteiger partial charge < -0.3 is 20.1 Å². The molecule has 0 aliphatic carbocycles. The summed E-state index contributed by atoms with van der Waals surface area (Å²) in [5, 5.41) is 5.76. The largest absolute Gasteiger partial charge is 0.497 e. The minimum Gasteiger partial charge on any atom is -0.497 e. The minimum absolute atomic E-state index is 0. The van der Waals surface area contributed by atoms with Crippen LogP contribution in [0.25, 0.3) is 0 Å². The minimum atomic E-state index is -0.411. The lowest BCUT2D eigenvalue weighted by molar-refractivity contribution is -0.118. The van der Waals surface area contributed by atoms with Crippen molar-refractivity contribution in [2.45, 2.75) is 13.0 Å². The lowest BCUT2D eigenvalue weighted by atomic mass is 9.99. The maximum Gasteiger partial charge on any atom is 0.262 e. The number of anilines is 1. The molecule has 0 radical (unpaired) electrons. The average molecular weight is 367 g/mol. The van der Waals surface area contributed by atoms with Crippen molar-refractivity contribution in [2.75, 3.05) is 25.6 Å². The summed E-state index contributed by atoms with van der Waals surface area (Å²) in [6.45, 7) is 1.19. The Hall–Kier alpha value is -2.31. The Balaban J connectivity index is 0.00000225. The van der Waals surface area contributed by atoms with Crippen LogP contribution in [-0.2, 0) is 17.8 Å². The molecule has 0 saturated carbocycles. The Kier molecular flexibility index (Phi) is 6.61. The molecule has 1 amide bonds. The van der Waals surface area contributed by atoms with Gasteiger partial charge in [-0.25, -0.2) is 4.39 Å². The molecule has 0 unspecified atom stereocenters. The Morgan fingerprint density at radius 2 is 2.08 bits per heavy atom. The van der Waals surface area contributed by atoms with Gasteiger partial charge in [0.05, 0.1) is 12.8 Å². The average Bonchev–Trinajstić information content (AvgIpc) is 2.63. The summed E-state index contributed by atoms with van der Waals surface area (Å²) in [4.78, 5) is 12.0. The van der Waals surface area contributed by atoms with E-state index in [-0.39, 0.29) is 30.5 Å². The molecule has 0 aromatic heterocycles. The van der Waals surface area contributed by atoms with Crippen LogP contribution in [0, 0.1) is 5.82 Å². The van der Waals surface area contributed by atoms with Gasteiger partial charge in [-0.1, -0.05) is 12.1 Å². The molecular weight excluding hydrogens is 347 g/mol. The van der Waals surface area contributed by atoms with Crippen LogP contribution in [0.1, 0.15) is 11.1 Å². The van der Waals surface area contributed by atoms with Crippen LogP contribution in [0.15, 0.2) is 36.4 Å². The van der Waals surface area contributed by atoms with Gasteiger partial charge in [0.2, 0.25) is 0 Å². The summed E-state index contributed by atoms with van der Waals surface area (Å²) in [5.41, 5.74) is 1.79. The lowest BCUT2D eigenvalue weighted by Crippen LogP contribution is -2.26. The first kappa shape index (κ1) is 19.0. The molecule has 5 nitrogen and oxygen atoms in total. The molecular formula is C18H20ClFN2O3. The first-order chi connectivity index (χ1) is 11.7. The van der Waals surface area contributed by atoms with Crippen LogP contribution in [-0.4, -0.2) is 26.2 Å². The quantitative estimate of drug-likeness (QED) is 0.854. The van der Waals surface area contributed by atoms with E-state index in [1.807, 2.05) is 6.07 Å². The zero-order chi connectivity index (χ0) is 16.9. The fourth-order valence-corrected chi connectivity index (χ4v) is 2.66.